The van der Waals surface area contributed by atoms with Crippen molar-refractivity contribution in [2.75, 3.05) is 0 Å². The van der Waals surface area contributed by atoms with Crippen molar-refractivity contribution < 1.29 is 0 Å². The summed E-state index contributed by atoms with van der Waals surface area (Å²) in [5.41, 5.74) is 9.38. The molecule has 2 heteroatoms. The summed E-state index contributed by atoms with van der Waals surface area (Å²) in [6.07, 6.45) is 9.37. The van der Waals surface area contributed by atoms with E-state index < -0.39 is 0 Å². The molecule has 0 bridgehead atoms. The van der Waals surface area contributed by atoms with Gasteiger partial charge in [-0.05, 0) is 96.1 Å². The van der Waals surface area contributed by atoms with Crippen LogP contribution in [0.5, 0.6) is 0 Å². The van der Waals surface area contributed by atoms with Gasteiger partial charge in [-0.15, -0.1) is 22.7 Å². The molecule has 0 fully saturated rings. The molecule has 0 nitrogen and oxygen atoms in total. The van der Waals surface area contributed by atoms with Gasteiger partial charge in [0.05, 0.1) is 0 Å². The minimum atomic E-state index is 0.263. The molecule has 11 rings (SSSR count). The first kappa shape index (κ1) is 30.8. The van der Waals surface area contributed by atoms with E-state index in [1.807, 2.05) is 22.7 Å². The van der Waals surface area contributed by atoms with E-state index in [4.69, 9.17) is 0 Å². The SMILES string of the molecule is Cc1ccc(C2=c3ccccc3=C(c3cccc4c3sc3cc(-c5c6ccccc6c(-c6ccccc6)c6ccccc56)ccc34)C3C=CC=CC23)s1. The van der Waals surface area contributed by atoms with Crippen molar-refractivity contribution in [3.63, 3.8) is 0 Å². The number of thiophene rings is 2. The second-order valence-electron chi connectivity index (χ2n) is 14.3. The lowest BCUT2D eigenvalue weighted by molar-refractivity contribution is 0.688. The van der Waals surface area contributed by atoms with Crippen molar-refractivity contribution in [2.45, 2.75) is 6.92 Å². The lowest BCUT2D eigenvalue weighted by atomic mass is 9.71. The molecule has 0 amide bonds. The van der Waals surface area contributed by atoms with E-state index in [9.17, 15) is 0 Å². The fourth-order valence-electron chi connectivity index (χ4n) is 9.19. The fourth-order valence-corrected chi connectivity index (χ4v) is 11.4. The van der Waals surface area contributed by atoms with Gasteiger partial charge in [0, 0.05) is 41.8 Å². The van der Waals surface area contributed by atoms with Gasteiger partial charge in [0.1, 0.15) is 0 Å². The van der Waals surface area contributed by atoms with Crippen LogP contribution in [0.15, 0.2) is 176 Å². The second kappa shape index (κ2) is 12.1. The lowest BCUT2D eigenvalue weighted by Crippen LogP contribution is -2.40. The van der Waals surface area contributed by atoms with Crippen molar-refractivity contribution >= 4 is 75.5 Å². The molecule has 7 aromatic carbocycles. The maximum atomic E-state index is 2.46. The Kier molecular flexibility index (Phi) is 7.05. The van der Waals surface area contributed by atoms with Gasteiger partial charge >= 0.3 is 0 Å². The average Bonchev–Trinajstić information content (AvgIpc) is 3.82. The molecule has 2 unspecified atom stereocenters. The molecule has 2 atom stereocenters. The largest absolute Gasteiger partial charge is 0.141 e. The Morgan fingerprint density at radius 2 is 1.02 bits per heavy atom. The van der Waals surface area contributed by atoms with Gasteiger partial charge in [0.2, 0.25) is 0 Å². The number of allylic oxidation sites excluding steroid dienone is 4. The summed E-state index contributed by atoms with van der Waals surface area (Å²) in [7, 11) is 0. The molecule has 53 heavy (non-hydrogen) atoms. The third-order valence-corrected chi connectivity index (χ3v) is 13.6. The molecule has 0 saturated heterocycles. The van der Waals surface area contributed by atoms with Crippen LogP contribution < -0.4 is 10.4 Å². The first-order valence-corrected chi connectivity index (χ1v) is 20.1. The Balaban J connectivity index is 1.17. The molecule has 0 saturated carbocycles. The summed E-state index contributed by atoms with van der Waals surface area (Å²) in [5, 5.41) is 10.5. The number of hydrogen-bond acceptors (Lipinski definition) is 2. The molecular formula is C51H34S2. The Morgan fingerprint density at radius 1 is 0.434 bits per heavy atom. The highest BCUT2D eigenvalue weighted by Crippen LogP contribution is 2.48. The first-order valence-electron chi connectivity index (χ1n) is 18.4. The minimum Gasteiger partial charge on any atom is -0.141 e. The van der Waals surface area contributed by atoms with Crippen LogP contribution >= 0.6 is 22.7 Å². The van der Waals surface area contributed by atoms with Gasteiger partial charge in [-0.2, -0.15) is 0 Å². The highest BCUT2D eigenvalue weighted by Gasteiger charge is 2.33. The lowest BCUT2D eigenvalue weighted by Gasteiger charge is -2.33. The molecule has 2 aliphatic carbocycles. The van der Waals surface area contributed by atoms with Crippen molar-refractivity contribution in [3.8, 4) is 22.3 Å². The monoisotopic (exact) mass is 710 g/mol. The zero-order valence-electron chi connectivity index (χ0n) is 29.2. The average molecular weight is 711 g/mol. The molecule has 250 valence electrons. The van der Waals surface area contributed by atoms with Gasteiger partial charge in [-0.1, -0.05) is 158 Å². The van der Waals surface area contributed by atoms with Crippen LogP contribution in [0, 0.1) is 18.8 Å². The predicted molar refractivity (Wildman–Crippen MR) is 230 cm³/mol. The minimum absolute atomic E-state index is 0.263. The second-order valence-corrected chi connectivity index (χ2v) is 16.6. The zero-order chi connectivity index (χ0) is 35.0. The molecule has 9 aromatic rings. The molecule has 0 aliphatic heterocycles. The Morgan fingerprint density at radius 3 is 1.68 bits per heavy atom. The van der Waals surface area contributed by atoms with Crippen molar-refractivity contribution in [1.82, 2.24) is 0 Å². The third kappa shape index (κ3) is 4.73. The number of fused-ring (bicyclic) bond motifs is 7. The molecule has 0 radical (unpaired) electrons. The van der Waals surface area contributed by atoms with E-state index in [1.165, 1.54) is 101 Å². The van der Waals surface area contributed by atoms with Crippen LogP contribution in [0.3, 0.4) is 0 Å². The van der Waals surface area contributed by atoms with Crippen LogP contribution in [0.4, 0.5) is 0 Å². The highest BCUT2D eigenvalue weighted by atomic mass is 32.1. The molecule has 2 heterocycles. The number of rotatable bonds is 4. The van der Waals surface area contributed by atoms with E-state index in [0.717, 1.165) is 0 Å². The molecule has 2 aromatic heterocycles. The van der Waals surface area contributed by atoms with Crippen LogP contribution in [-0.2, 0) is 0 Å². The Bertz CT molecular complexity index is 3070. The van der Waals surface area contributed by atoms with E-state index in [0.29, 0.717) is 5.92 Å². The summed E-state index contributed by atoms with van der Waals surface area (Å²) < 4.78 is 2.70. The summed E-state index contributed by atoms with van der Waals surface area (Å²) in [4.78, 5) is 2.74. The van der Waals surface area contributed by atoms with Gasteiger partial charge in [-0.25, -0.2) is 0 Å². The van der Waals surface area contributed by atoms with Crippen LogP contribution in [0.25, 0.3) is 75.1 Å². The van der Waals surface area contributed by atoms with Gasteiger partial charge in [0.15, 0.2) is 0 Å². The topological polar surface area (TPSA) is 0 Å². The third-order valence-electron chi connectivity index (χ3n) is 11.4. The Hall–Kier alpha value is -5.80. The standard InChI is InChI=1S/C51H34S2/c1-31-26-29-45(52-31)50-41-22-11-9-20-39(41)49(40-21-10-12-23-42(40)50)44-25-13-24-43-34-28-27-33(30-46(34)53-51(43)44)48-37-18-7-5-16-35(37)47(32-14-3-2-4-15-32)36-17-6-8-19-38(36)48/h2-30,39,41H,1H3. The van der Waals surface area contributed by atoms with Gasteiger partial charge in [-0.3, -0.25) is 0 Å². The van der Waals surface area contributed by atoms with Gasteiger partial charge in [0.25, 0.3) is 0 Å². The highest BCUT2D eigenvalue weighted by molar-refractivity contribution is 7.26. The van der Waals surface area contributed by atoms with E-state index in [2.05, 4.69) is 183 Å². The quantitative estimate of drug-likeness (QED) is 0.160. The van der Waals surface area contributed by atoms with E-state index in [-0.39, 0.29) is 5.92 Å². The van der Waals surface area contributed by atoms with Crippen LogP contribution in [0.1, 0.15) is 15.3 Å². The summed E-state index contributed by atoms with van der Waals surface area (Å²) in [6.45, 7) is 2.22. The molecule has 0 N–H and O–H groups in total. The number of hydrogen-bond donors (Lipinski definition) is 0. The predicted octanol–water partition coefficient (Wildman–Crippen LogP) is 12.8. The summed E-state index contributed by atoms with van der Waals surface area (Å²) in [5.74, 6) is 0.555. The number of aryl methyl sites for hydroxylation is 1. The van der Waals surface area contributed by atoms with Crippen LogP contribution in [0.2, 0.25) is 0 Å². The van der Waals surface area contributed by atoms with E-state index >= 15 is 0 Å². The maximum absolute atomic E-state index is 2.46. The maximum Gasteiger partial charge on any atom is 0.0431 e. The molecular weight excluding hydrogens is 677 g/mol. The summed E-state index contributed by atoms with van der Waals surface area (Å²) in [6, 6.07) is 56.6. The zero-order valence-corrected chi connectivity index (χ0v) is 30.8. The molecule has 0 spiro atoms. The van der Waals surface area contributed by atoms with Crippen molar-refractivity contribution in [1.29, 1.82) is 0 Å². The van der Waals surface area contributed by atoms with Crippen LogP contribution in [-0.4, -0.2) is 0 Å². The van der Waals surface area contributed by atoms with Gasteiger partial charge < -0.3 is 0 Å². The molecule has 2 aliphatic rings. The summed E-state index contributed by atoms with van der Waals surface area (Å²) >= 11 is 3.86. The van der Waals surface area contributed by atoms with Crippen molar-refractivity contribution in [3.05, 3.63) is 202 Å². The Labute approximate surface area is 316 Å². The van der Waals surface area contributed by atoms with E-state index in [1.54, 1.807) is 0 Å². The smallest absolute Gasteiger partial charge is 0.0431 e. The number of benzene rings is 7. The van der Waals surface area contributed by atoms with Crippen molar-refractivity contribution in [2.24, 2.45) is 11.8 Å². The fraction of sp³-hybridized carbons (Fsp3) is 0.0588. The first-order chi connectivity index (χ1) is 26.2. The normalized spacial score (nSPS) is 16.5.